The smallest absolute Gasteiger partial charge is 0.258 e. The summed E-state index contributed by atoms with van der Waals surface area (Å²) in [5.74, 6) is 0.631. The second-order valence-corrected chi connectivity index (χ2v) is 9.56. The van der Waals surface area contributed by atoms with Gasteiger partial charge in [-0.1, -0.05) is 19.1 Å². The van der Waals surface area contributed by atoms with Gasteiger partial charge >= 0.3 is 0 Å². The van der Waals surface area contributed by atoms with E-state index in [0.717, 1.165) is 11.3 Å². The molecule has 0 saturated heterocycles. The van der Waals surface area contributed by atoms with E-state index in [0.29, 0.717) is 30.0 Å². The molecule has 1 aliphatic heterocycles. The van der Waals surface area contributed by atoms with Crippen LogP contribution < -0.4 is 25.5 Å². The molecule has 0 spiro atoms. The number of aliphatic hydroxyl groups is 1. The van der Waals surface area contributed by atoms with Gasteiger partial charge in [0.1, 0.15) is 30.3 Å². The minimum Gasteiger partial charge on any atom is -0.489 e. The second-order valence-electron chi connectivity index (χ2n) is 9.56. The number of benzene rings is 2. The molecule has 0 fully saturated rings. The zero-order chi connectivity index (χ0) is 26.8. The van der Waals surface area contributed by atoms with Crippen LogP contribution in [0.25, 0.3) is 0 Å². The van der Waals surface area contributed by atoms with Crippen molar-refractivity contribution in [2.75, 3.05) is 26.3 Å². The average molecular weight is 508 g/mol. The number of amides is 2. The van der Waals surface area contributed by atoms with Crippen molar-refractivity contribution >= 4 is 17.5 Å². The summed E-state index contributed by atoms with van der Waals surface area (Å²) in [7, 11) is 0. The van der Waals surface area contributed by atoms with Crippen molar-refractivity contribution < 1.29 is 24.2 Å². The Labute approximate surface area is 216 Å². The van der Waals surface area contributed by atoms with Crippen molar-refractivity contribution in [3.05, 3.63) is 59.7 Å². The normalized spacial score (nSPS) is 16.1. The third-order valence-electron chi connectivity index (χ3n) is 5.76. The highest BCUT2D eigenvalue weighted by Gasteiger charge is 2.22. The van der Waals surface area contributed by atoms with Gasteiger partial charge in [0.05, 0.1) is 11.3 Å². The van der Waals surface area contributed by atoms with Gasteiger partial charge < -0.3 is 25.2 Å². The number of para-hydroxylation sites is 1. The Balaban J connectivity index is 1.37. The predicted octanol–water partition coefficient (Wildman–Crippen LogP) is 1.72. The van der Waals surface area contributed by atoms with Crippen LogP contribution in [-0.2, 0) is 9.59 Å². The number of nitrogens with zero attached hydrogens (tertiary/aromatic N) is 2. The van der Waals surface area contributed by atoms with E-state index < -0.39 is 11.6 Å². The molecular formula is C27H33N5O5. The van der Waals surface area contributed by atoms with Crippen LogP contribution in [0.1, 0.15) is 38.3 Å². The molecule has 10 nitrogen and oxygen atoms in total. The molecule has 4 N–H and O–H groups in total. The lowest BCUT2D eigenvalue weighted by atomic mass is 9.94. The zero-order valence-electron chi connectivity index (χ0n) is 21.3. The second kappa shape index (κ2) is 12.9. The number of nitrogens with one attached hydrogen (secondary N) is 3. The lowest BCUT2D eigenvalue weighted by Crippen LogP contribution is -2.52. The van der Waals surface area contributed by atoms with Crippen molar-refractivity contribution in [3.8, 4) is 17.6 Å². The quantitative estimate of drug-likeness (QED) is 0.342. The molecule has 0 aliphatic carbocycles. The van der Waals surface area contributed by atoms with E-state index in [4.69, 9.17) is 14.7 Å². The Morgan fingerprint density at radius 1 is 1.24 bits per heavy atom. The molecule has 1 aliphatic rings. The number of hydrogen-bond acceptors (Lipinski definition) is 8. The van der Waals surface area contributed by atoms with E-state index in [1.165, 1.54) is 0 Å². The van der Waals surface area contributed by atoms with Crippen molar-refractivity contribution in [1.82, 2.24) is 16.1 Å². The molecule has 2 atom stereocenters. The lowest BCUT2D eigenvalue weighted by Gasteiger charge is -2.28. The van der Waals surface area contributed by atoms with Gasteiger partial charge in [-0.2, -0.15) is 10.4 Å². The molecule has 2 unspecified atom stereocenters. The molecule has 2 aromatic rings. The number of aliphatic hydroxyl groups excluding tert-OH is 1. The van der Waals surface area contributed by atoms with Crippen LogP contribution in [0.15, 0.2) is 53.6 Å². The maximum Gasteiger partial charge on any atom is 0.258 e. The molecule has 0 aromatic heterocycles. The zero-order valence-corrected chi connectivity index (χ0v) is 21.3. The Morgan fingerprint density at radius 2 is 1.97 bits per heavy atom. The number of carbonyl (C=O) groups is 2. The number of β-amino-alcohol motifs (C(OH)–C–C–N with tert-alkyl or cyclic N) is 1. The first-order chi connectivity index (χ1) is 17.7. The average Bonchev–Trinajstić information content (AvgIpc) is 2.89. The summed E-state index contributed by atoms with van der Waals surface area (Å²) in [5, 5.41) is 29.5. The van der Waals surface area contributed by atoms with Crippen LogP contribution >= 0.6 is 0 Å². The Kier molecular flexibility index (Phi) is 9.60. The Bertz CT molecular complexity index is 1160. The minimum atomic E-state index is -0.799. The molecule has 196 valence electrons. The summed E-state index contributed by atoms with van der Waals surface area (Å²) in [5.41, 5.74) is 4.12. The summed E-state index contributed by atoms with van der Waals surface area (Å²) < 4.78 is 11.1. The van der Waals surface area contributed by atoms with Crippen LogP contribution in [0, 0.1) is 17.2 Å². The molecule has 10 heteroatoms. The van der Waals surface area contributed by atoms with Crippen molar-refractivity contribution in [1.29, 1.82) is 5.26 Å². The first-order valence-corrected chi connectivity index (χ1v) is 12.1. The molecular weight excluding hydrogens is 474 g/mol. The van der Waals surface area contributed by atoms with E-state index in [-0.39, 0.29) is 37.5 Å². The van der Waals surface area contributed by atoms with Crippen LogP contribution in [0.2, 0.25) is 0 Å². The van der Waals surface area contributed by atoms with E-state index in [1.807, 2.05) is 32.9 Å². The van der Waals surface area contributed by atoms with Gasteiger partial charge in [0, 0.05) is 31.0 Å². The minimum absolute atomic E-state index is 0.0252. The van der Waals surface area contributed by atoms with E-state index in [1.54, 1.807) is 36.4 Å². The first-order valence-electron chi connectivity index (χ1n) is 12.1. The topological polar surface area (TPSA) is 145 Å². The fraction of sp³-hybridized carbons (Fsp3) is 0.407. The van der Waals surface area contributed by atoms with Gasteiger partial charge in [-0.15, -0.1) is 0 Å². The number of ether oxygens (including phenoxy) is 2. The van der Waals surface area contributed by atoms with Crippen LogP contribution in [0.4, 0.5) is 0 Å². The van der Waals surface area contributed by atoms with Gasteiger partial charge in [0.2, 0.25) is 5.91 Å². The van der Waals surface area contributed by atoms with Gasteiger partial charge in [0.15, 0.2) is 6.61 Å². The fourth-order valence-electron chi connectivity index (χ4n) is 3.63. The highest BCUT2D eigenvalue weighted by Crippen LogP contribution is 2.19. The number of hydrazone groups is 1. The highest BCUT2D eigenvalue weighted by atomic mass is 16.5. The van der Waals surface area contributed by atoms with E-state index in [2.05, 4.69) is 27.2 Å². The van der Waals surface area contributed by atoms with Gasteiger partial charge in [0.25, 0.3) is 5.91 Å². The first kappa shape index (κ1) is 27.6. The maximum absolute atomic E-state index is 12.3. The molecule has 0 radical (unpaired) electrons. The van der Waals surface area contributed by atoms with Gasteiger partial charge in [-0.25, -0.2) is 5.43 Å². The number of nitriles is 1. The monoisotopic (exact) mass is 507 g/mol. The molecule has 2 amide bonds. The summed E-state index contributed by atoms with van der Waals surface area (Å²) >= 11 is 0. The molecule has 0 bridgehead atoms. The Morgan fingerprint density at radius 3 is 2.68 bits per heavy atom. The molecule has 3 rings (SSSR count). The van der Waals surface area contributed by atoms with Crippen LogP contribution in [0.5, 0.6) is 11.5 Å². The molecule has 1 heterocycles. The molecule has 2 aromatic carbocycles. The van der Waals surface area contributed by atoms with Gasteiger partial charge in [-0.05, 0) is 55.8 Å². The summed E-state index contributed by atoms with van der Waals surface area (Å²) in [6, 6.07) is 16.1. The van der Waals surface area contributed by atoms with Crippen LogP contribution in [-0.4, -0.2) is 60.6 Å². The standard InChI is InChI=1S/C27H33N5O5/c1-18-12-24(34)31-32-26(18)19-8-10-22(11-9-19)36-16-25(35)29-17-27(2,3)30-14-21(33)15-37-23-7-5-4-6-20(23)13-28/h4-11,18,21,30,33H,12,14-17H2,1-3H3,(H,29,35)(H,31,34). The predicted molar refractivity (Wildman–Crippen MR) is 138 cm³/mol. The molecule has 37 heavy (non-hydrogen) atoms. The summed E-state index contributed by atoms with van der Waals surface area (Å²) in [4.78, 5) is 23.7. The summed E-state index contributed by atoms with van der Waals surface area (Å²) in [6.45, 7) is 6.22. The summed E-state index contributed by atoms with van der Waals surface area (Å²) in [6.07, 6.45) is -0.404. The van der Waals surface area contributed by atoms with Crippen LogP contribution in [0.3, 0.4) is 0 Å². The highest BCUT2D eigenvalue weighted by molar-refractivity contribution is 6.05. The molecule has 0 saturated carbocycles. The lowest BCUT2D eigenvalue weighted by molar-refractivity contribution is -0.123. The van der Waals surface area contributed by atoms with Crippen molar-refractivity contribution in [2.45, 2.75) is 38.8 Å². The maximum atomic E-state index is 12.3. The SMILES string of the molecule is CC1CC(=O)NN=C1c1ccc(OCC(=O)NCC(C)(C)NCC(O)COc2ccccc2C#N)cc1. The van der Waals surface area contributed by atoms with Gasteiger partial charge in [-0.3, -0.25) is 9.59 Å². The number of rotatable bonds is 12. The largest absolute Gasteiger partial charge is 0.489 e. The van der Waals surface area contributed by atoms with E-state index >= 15 is 0 Å². The number of carbonyl (C=O) groups excluding carboxylic acids is 2. The third kappa shape index (κ3) is 8.59. The van der Waals surface area contributed by atoms with Crippen molar-refractivity contribution in [3.63, 3.8) is 0 Å². The Hall–Kier alpha value is -3.94. The van der Waals surface area contributed by atoms with E-state index in [9.17, 15) is 14.7 Å². The fourth-order valence-corrected chi connectivity index (χ4v) is 3.63. The van der Waals surface area contributed by atoms with Crippen molar-refractivity contribution in [2.24, 2.45) is 11.0 Å². The number of hydrogen-bond donors (Lipinski definition) is 4. The third-order valence-corrected chi connectivity index (χ3v) is 5.76.